The number of nitrogens with zero attached hydrogens (tertiary/aromatic N) is 2. The Balaban J connectivity index is 1.85. The minimum absolute atomic E-state index is 0.0440. The number of carbonyl (C=O) groups is 2. The number of anilines is 1. The second kappa shape index (κ2) is 7.85. The SMILES string of the molecule is O=C(O)CCCC(=O)N=C1S[C@@H]2CS(=O)(=O)C[C@@H]2N1c1cccc(I)c1. The predicted molar refractivity (Wildman–Crippen MR) is 109 cm³/mol. The van der Waals surface area contributed by atoms with Gasteiger partial charge in [-0.1, -0.05) is 17.8 Å². The molecule has 1 aromatic rings. The van der Waals surface area contributed by atoms with Crippen molar-refractivity contribution in [1.29, 1.82) is 0 Å². The summed E-state index contributed by atoms with van der Waals surface area (Å²) in [5.41, 5.74) is 0.811. The molecule has 2 saturated heterocycles. The molecule has 0 aliphatic carbocycles. The average Bonchev–Trinajstić information content (AvgIpc) is 2.97. The highest BCUT2D eigenvalue weighted by Gasteiger charge is 2.49. The van der Waals surface area contributed by atoms with Crippen LogP contribution in [0.1, 0.15) is 19.3 Å². The quantitative estimate of drug-likeness (QED) is 0.608. The monoisotopic (exact) mass is 508 g/mol. The van der Waals surface area contributed by atoms with Crippen molar-refractivity contribution < 1.29 is 23.1 Å². The summed E-state index contributed by atoms with van der Waals surface area (Å²) in [5, 5.41) is 9.02. The van der Waals surface area contributed by atoms with Crippen molar-refractivity contribution in [1.82, 2.24) is 0 Å². The Morgan fingerprint density at radius 3 is 2.77 bits per heavy atom. The number of hydrogen-bond acceptors (Lipinski definition) is 5. The lowest BCUT2D eigenvalue weighted by molar-refractivity contribution is -0.137. The molecule has 0 aromatic heterocycles. The Kier molecular flexibility index (Phi) is 5.92. The fourth-order valence-electron chi connectivity index (χ4n) is 3.05. The highest BCUT2D eigenvalue weighted by molar-refractivity contribution is 14.1. The summed E-state index contributed by atoms with van der Waals surface area (Å²) in [5.74, 6) is -1.20. The van der Waals surface area contributed by atoms with E-state index in [4.69, 9.17) is 5.11 Å². The summed E-state index contributed by atoms with van der Waals surface area (Å²) < 4.78 is 25.0. The van der Waals surface area contributed by atoms with Crippen LogP contribution < -0.4 is 4.90 Å². The number of sulfone groups is 1. The molecule has 1 aromatic carbocycles. The predicted octanol–water partition coefficient (Wildman–Crippen LogP) is 2.15. The second-order valence-electron chi connectivity index (χ2n) is 6.19. The van der Waals surface area contributed by atoms with Crippen LogP contribution in [-0.2, 0) is 19.4 Å². The zero-order chi connectivity index (χ0) is 18.9. The van der Waals surface area contributed by atoms with Crippen molar-refractivity contribution in [2.45, 2.75) is 30.6 Å². The van der Waals surface area contributed by atoms with Crippen LogP contribution in [0.15, 0.2) is 29.3 Å². The number of amidine groups is 1. The molecule has 1 N–H and O–H groups in total. The van der Waals surface area contributed by atoms with E-state index in [-0.39, 0.29) is 48.0 Å². The summed E-state index contributed by atoms with van der Waals surface area (Å²) in [6.45, 7) is 0. The van der Waals surface area contributed by atoms with Crippen LogP contribution in [0.3, 0.4) is 0 Å². The number of carboxylic acids is 1. The molecule has 3 rings (SSSR count). The number of fused-ring (bicyclic) bond motifs is 1. The first-order chi connectivity index (χ1) is 12.2. The van der Waals surface area contributed by atoms with Gasteiger partial charge in [-0.05, 0) is 47.2 Å². The van der Waals surface area contributed by atoms with Crippen LogP contribution >= 0.6 is 34.4 Å². The zero-order valence-electron chi connectivity index (χ0n) is 13.7. The van der Waals surface area contributed by atoms with Gasteiger partial charge in [0.1, 0.15) is 0 Å². The van der Waals surface area contributed by atoms with Gasteiger partial charge in [0.2, 0.25) is 5.91 Å². The highest BCUT2D eigenvalue weighted by atomic mass is 127. The summed E-state index contributed by atoms with van der Waals surface area (Å²) in [4.78, 5) is 28.7. The molecule has 26 heavy (non-hydrogen) atoms. The fraction of sp³-hybridized carbons (Fsp3) is 0.438. The number of amides is 1. The Morgan fingerprint density at radius 1 is 1.31 bits per heavy atom. The third-order valence-electron chi connectivity index (χ3n) is 4.15. The van der Waals surface area contributed by atoms with Crippen molar-refractivity contribution >= 4 is 66.9 Å². The van der Waals surface area contributed by atoms with Crippen LogP contribution in [0.5, 0.6) is 0 Å². The lowest BCUT2D eigenvalue weighted by atomic mass is 10.2. The van der Waals surface area contributed by atoms with E-state index in [0.717, 1.165) is 9.26 Å². The van der Waals surface area contributed by atoms with E-state index < -0.39 is 15.8 Å². The van der Waals surface area contributed by atoms with Gasteiger partial charge in [-0.3, -0.25) is 9.59 Å². The molecule has 2 atom stereocenters. The number of benzene rings is 1. The summed E-state index contributed by atoms with van der Waals surface area (Å²) in [6.07, 6.45) is 0.220. The van der Waals surface area contributed by atoms with Gasteiger partial charge in [-0.2, -0.15) is 4.99 Å². The fourth-order valence-corrected chi connectivity index (χ4v) is 7.50. The van der Waals surface area contributed by atoms with Gasteiger partial charge in [0, 0.05) is 27.3 Å². The Hall–Kier alpha value is -1.14. The molecular formula is C16H17IN2O5S2. The van der Waals surface area contributed by atoms with Crippen molar-refractivity contribution in [3.63, 3.8) is 0 Å². The standard InChI is InChI=1S/C16H17IN2O5S2/c17-10-3-1-4-11(7-10)19-12-8-26(23,24)9-13(12)25-16(19)18-14(20)5-2-6-15(21)22/h1,3-4,7,12-13H,2,5-6,8-9H2,(H,21,22)/t12-,13+/m0/s1. The maximum Gasteiger partial charge on any atom is 0.303 e. The molecule has 1 amide bonds. The third-order valence-corrected chi connectivity index (χ3v) is 8.04. The van der Waals surface area contributed by atoms with Crippen LogP contribution in [0.25, 0.3) is 0 Å². The summed E-state index contributed by atoms with van der Waals surface area (Å²) in [6, 6.07) is 7.38. The van der Waals surface area contributed by atoms with Gasteiger partial charge < -0.3 is 10.0 Å². The number of halogens is 1. The Morgan fingerprint density at radius 2 is 2.08 bits per heavy atom. The van der Waals surface area contributed by atoms with E-state index >= 15 is 0 Å². The molecule has 0 radical (unpaired) electrons. The van der Waals surface area contributed by atoms with Gasteiger partial charge in [0.15, 0.2) is 15.0 Å². The van der Waals surface area contributed by atoms with Gasteiger partial charge in [0.25, 0.3) is 0 Å². The van der Waals surface area contributed by atoms with Gasteiger partial charge >= 0.3 is 5.97 Å². The average molecular weight is 508 g/mol. The Labute approximate surface area is 169 Å². The van der Waals surface area contributed by atoms with Gasteiger partial charge in [-0.15, -0.1) is 0 Å². The smallest absolute Gasteiger partial charge is 0.303 e. The van der Waals surface area contributed by atoms with Crippen molar-refractivity contribution in [2.24, 2.45) is 4.99 Å². The van der Waals surface area contributed by atoms with Gasteiger partial charge in [0.05, 0.1) is 17.5 Å². The number of thioether (sulfide) groups is 1. The van der Waals surface area contributed by atoms with Crippen LogP contribution in [0, 0.1) is 3.57 Å². The van der Waals surface area contributed by atoms with E-state index in [9.17, 15) is 18.0 Å². The molecule has 2 fully saturated rings. The number of aliphatic imine (C=N–C) groups is 1. The lowest BCUT2D eigenvalue weighted by Gasteiger charge is -2.24. The molecule has 0 saturated carbocycles. The number of rotatable bonds is 5. The molecular weight excluding hydrogens is 491 g/mol. The normalized spacial score (nSPS) is 25.4. The first-order valence-electron chi connectivity index (χ1n) is 8.00. The highest BCUT2D eigenvalue weighted by Crippen LogP contribution is 2.41. The number of carboxylic acid groups (broad SMARTS) is 1. The van der Waals surface area contributed by atoms with E-state index in [1.807, 2.05) is 29.2 Å². The van der Waals surface area contributed by atoms with Crippen molar-refractivity contribution in [3.8, 4) is 0 Å². The molecule has 2 aliphatic rings. The zero-order valence-corrected chi connectivity index (χ0v) is 17.5. The maximum absolute atomic E-state index is 12.1. The maximum atomic E-state index is 12.1. The number of hydrogen-bond donors (Lipinski definition) is 1. The first-order valence-corrected chi connectivity index (χ1v) is 11.8. The lowest BCUT2D eigenvalue weighted by Crippen LogP contribution is -2.37. The van der Waals surface area contributed by atoms with E-state index in [0.29, 0.717) is 5.17 Å². The largest absolute Gasteiger partial charge is 0.481 e. The summed E-state index contributed by atoms with van der Waals surface area (Å²) in [7, 11) is -3.10. The second-order valence-corrected chi connectivity index (χ2v) is 10.8. The minimum Gasteiger partial charge on any atom is -0.481 e. The van der Waals surface area contributed by atoms with E-state index in [1.54, 1.807) is 0 Å². The first kappa shape index (κ1) is 19.6. The molecule has 7 nitrogen and oxygen atoms in total. The molecule has 140 valence electrons. The summed E-state index contributed by atoms with van der Waals surface area (Å²) >= 11 is 3.50. The molecule has 0 spiro atoms. The van der Waals surface area contributed by atoms with E-state index in [2.05, 4.69) is 27.6 Å². The van der Waals surface area contributed by atoms with Crippen LogP contribution in [-0.4, -0.2) is 53.4 Å². The van der Waals surface area contributed by atoms with Gasteiger partial charge in [-0.25, -0.2) is 8.42 Å². The molecule has 0 bridgehead atoms. The molecule has 2 heterocycles. The minimum atomic E-state index is -3.10. The molecule has 0 unspecified atom stereocenters. The topological polar surface area (TPSA) is 104 Å². The van der Waals surface area contributed by atoms with Crippen molar-refractivity contribution in [3.05, 3.63) is 27.8 Å². The molecule has 2 aliphatic heterocycles. The van der Waals surface area contributed by atoms with Crippen LogP contribution in [0.4, 0.5) is 5.69 Å². The van der Waals surface area contributed by atoms with Crippen molar-refractivity contribution in [2.75, 3.05) is 16.4 Å². The number of carbonyl (C=O) groups excluding carboxylic acids is 1. The number of aliphatic carboxylic acids is 1. The Bertz CT molecular complexity index is 871. The molecule has 10 heteroatoms. The van der Waals surface area contributed by atoms with E-state index in [1.165, 1.54) is 11.8 Å². The van der Waals surface area contributed by atoms with Crippen LogP contribution in [0.2, 0.25) is 0 Å². The third kappa shape index (κ3) is 4.58.